The van der Waals surface area contributed by atoms with Crippen LogP contribution in [0, 0.1) is 0 Å². The molecule has 1 fully saturated rings. The monoisotopic (exact) mass is 335 g/mol. The minimum atomic E-state index is -0.559. The van der Waals surface area contributed by atoms with Crippen molar-refractivity contribution < 1.29 is 28.8 Å². The summed E-state index contributed by atoms with van der Waals surface area (Å²) >= 11 is 0. The molecule has 0 aliphatic carbocycles. The smallest absolute Gasteiger partial charge is 0.253 e. The number of amides is 6. The molecule has 128 valence electrons. The fourth-order valence-corrected chi connectivity index (χ4v) is 2.39. The second kappa shape index (κ2) is 7.62. The standard InChI is InChI=1S/C15H17N3O6/c19-10(7-9-17-11(20)3-4-12(17)21)16-8-1-2-13(22)18-14(23)5-6-15(18)24/h3-4H,1-2,5-9H2,(H,16,19). The Morgan fingerprint density at radius 2 is 1.54 bits per heavy atom. The molecule has 0 saturated carbocycles. The van der Waals surface area contributed by atoms with Gasteiger partial charge in [-0.15, -0.1) is 0 Å². The average molecular weight is 335 g/mol. The van der Waals surface area contributed by atoms with Crippen LogP contribution in [0.4, 0.5) is 0 Å². The summed E-state index contributed by atoms with van der Waals surface area (Å²) in [4.78, 5) is 70.4. The van der Waals surface area contributed by atoms with Gasteiger partial charge in [0.1, 0.15) is 0 Å². The Balaban J connectivity index is 1.62. The number of likely N-dealkylation sites (tertiary alicyclic amines) is 1. The SMILES string of the molecule is O=C(CCN1C(=O)C=CC1=O)NCCCC(=O)N1C(=O)CCC1=O. The Hall–Kier alpha value is -2.84. The van der Waals surface area contributed by atoms with Gasteiger partial charge in [-0.3, -0.25) is 33.7 Å². The Morgan fingerprint density at radius 3 is 2.12 bits per heavy atom. The van der Waals surface area contributed by atoms with E-state index in [0.717, 1.165) is 17.1 Å². The predicted molar refractivity (Wildman–Crippen MR) is 78.8 cm³/mol. The maximum Gasteiger partial charge on any atom is 0.253 e. The highest BCUT2D eigenvalue weighted by Crippen LogP contribution is 2.13. The first-order chi connectivity index (χ1) is 11.4. The van der Waals surface area contributed by atoms with E-state index in [1.165, 1.54) is 0 Å². The zero-order chi connectivity index (χ0) is 17.7. The number of imide groups is 4. The zero-order valence-electron chi connectivity index (χ0n) is 12.9. The molecule has 0 radical (unpaired) electrons. The molecular weight excluding hydrogens is 318 g/mol. The van der Waals surface area contributed by atoms with Gasteiger partial charge in [0.05, 0.1) is 0 Å². The first-order valence-corrected chi connectivity index (χ1v) is 7.59. The molecule has 1 N–H and O–H groups in total. The molecule has 0 spiro atoms. The van der Waals surface area contributed by atoms with Gasteiger partial charge in [0.15, 0.2) is 0 Å². The second-order valence-corrected chi connectivity index (χ2v) is 5.38. The molecule has 0 aromatic carbocycles. The third-order valence-electron chi connectivity index (χ3n) is 3.65. The van der Waals surface area contributed by atoms with Gasteiger partial charge in [0.2, 0.25) is 23.6 Å². The molecule has 0 unspecified atom stereocenters. The normalized spacial score (nSPS) is 17.2. The lowest BCUT2D eigenvalue weighted by molar-refractivity contribution is -0.149. The number of rotatable bonds is 7. The largest absolute Gasteiger partial charge is 0.356 e. The van der Waals surface area contributed by atoms with E-state index in [9.17, 15) is 28.8 Å². The van der Waals surface area contributed by atoms with Crippen molar-refractivity contribution in [1.82, 2.24) is 15.1 Å². The lowest BCUT2D eigenvalue weighted by atomic mass is 10.2. The number of nitrogens with zero attached hydrogens (tertiary/aromatic N) is 2. The molecule has 24 heavy (non-hydrogen) atoms. The molecule has 1 saturated heterocycles. The van der Waals surface area contributed by atoms with Gasteiger partial charge < -0.3 is 5.32 Å². The molecule has 0 aromatic heterocycles. The first kappa shape index (κ1) is 17.5. The van der Waals surface area contributed by atoms with Gasteiger partial charge in [-0.2, -0.15) is 0 Å². The van der Waals surface area contributed by atoms with Crippen LogP contribution in [0.5, 0.6) is 0 Å². The summed E-state index contributed by atoms with van der Waals surface area (Å²) < 4.78 is 0. The highest BCUT2D eigenvalue weighted by Gasteiger charge is 2.33. The highest BCUT2D eigenvalue weighted by atomic mass is 16.2. The molecule has 6 amide bonds. The summed E-state index contributed by atoms with van der Waals surface area (Å²) in [5, 5.41) is 2.56. The van der Waals surface area contributed by atoms with Crippen LogP contribution in [-0.2, 0) is 28.8 Å². The number of nitrogens with one attached hydrogen (secondary N) is 1. The molecule has 0 atom stereocenters. The van der Waals surface area contributed by atoms with Crippen molar-refractivity contribution in [3.8, 4) is 0 Å². The van der Waals surface area contributed by atoms with Crippen LogP contribution in [0.15, 0.2) is 12.2 Å². The van der Waals surface area contributed by atoms with Gasteiger partial charge in [-0.05, 0) is 6.42 Å². The molecule has 2 heterocycles. The van der Waals surface area contributed by atoms with Crippen LogP contribution >= 0.6 is 0 Å². The van der Waals surface area contributed by atoms with E-state index < -0.39 is 29.5 Å². The molecule has 0 aromatic rings. The van der Waals surface area contributed by atoms with Crippen molar-refractivity contribution in [3.05, 3.63) is 12.2 Å². The van der Waals surface area contributed by atoms with Crippen molar-refractivity contribution in [3.63, 3.8) is 0 Å². The summed E-state index contributed by atoms with van der Waals surface area (Å²) in [6.45, 7) is 0.188. The molecular formula is C15H17N3O6. The van der Waals surface area contributed by atoms with Crippen LogP contribution in [-0.4, -0.2) is 58.3 Å². The fraction of sp³-hybridized carbons (Fsp3) is 0.467. The van der Waals surface area contributed by atoms with Gasteiger partial charge in [0.25, 0.3) is 11.8 Å². The Morgan fingerprint density at radius 1 is 0.958 bits per heavy atom. The third kappa shape index (κ3) is 4.12. The average Bonchev–Trinajstić information content (AvgIpc) is 3.04. The summed E-state index contributed by atoms with van der Waals surface area (Å²) in [7, 11) is 0. The molecule has 2 aliphatic heterocycles. The number of hydrogen-bond donors (Lipinski definition) is 1. The third-order valence-corrected chi connectivity index (χ3v) is 3.65. The predicted octanol–water partition coefficient (Wildman–Crippen LogP) is -1.13. The van der Waals surface area contributed by atoms with Gasteiger partial charge in [-0.25, -0.2) is 4.90 Å². The van der Waals surface area contributed by atoms with Crippen molar-refractivity contribution in [2.75, 3.05) is 13.1 Å². The Bertz CT molecular complexity index is 605. The van der Waals surface area contributed by atoms with E-state index in [4.69, 9.17) is 0 Å². The topological polar surface area (TPSA) is 121 Å². The fourth-order valence-electron chi connectivity index (χ4n) is 2.39. The van der Waals surface area contributed by atoms with E-state index in [2.05, 4.69) is 5.32 Å². The van der Waals surface area contributed by atoms with Crippen molar-refractivity contribution in [1.29, 1.82) is 0 Å². The molecule has 9 nitrogen and oxygen atoms in total. The number of carbonyl (C=O) groups is 6. The van der Waals surface area contributed by atoms with E-state index in [0.29, 0.717) is 4.90 Å². The molecule has 0 bridgehead atoms. The highest BCUT2D eigenvalue weighted by molar-refractivity contribution is 6.15. The van der Waals surface area contributed by atoms with Gasteiger partial charge in [-0.1, -0.05) is 0 Å². The Labute approximate surface area is 137 Å². The molecule has 2 rings (SSSR count). The summed E-state index contributed by atoms with van der Waals surface area (Å²) in [5.41, 5.74) is 0. The van der Waals surface area contributed by atoms with E-state index in [1.54, 1.807) is 0 Å². The molecule has 9 heteroatoms. The van der Waals surface area contributed by atoms with Crippen LogP contribution in [0.25, 0.3) is 0 Å². The van der Waals surface area contributed by atoms with Crippen LogP contribution in [0.3, 0.4) is 0 Å². The maximum absolute atomic E-state index is 11.8. The van der Waals surface area contributed by atoms with Gasteiger partial charge in [0, 0.05) is 50.9 Å². The quantitative estimate of drug-likeness (QED) is 0.464. The van der Waals surface area contributed by atoms with Gasteiger partial charge >= 0.3 is 0 Å². The van der Waals surface area contributed by atoms with E-state index >= 15 is 0 Å². The summed E-state index contributed by atoms with van der Waals surface area (Å²) in [5.74, 6) is -2.78. The lowest BCUT2D eigenvalue weighted by Crippen LogP contribution is -2.36. The maximum atomic E-state index is 11.8. The summed E-state index contributed by atoms with van der Waals surface area (Å²) in [6.07, 6.45) is 2.64. The van der Waals surface area contributed by atoms with E-state index in [1.807, 2.05) is 0 Å². The first-order valence-electron chi connectivity index (χ1n) is 7.59. The van der Waals surface area contributed by atoms with Crippen LogP contribution < -0.4 is 5.32 Å². The zero-order valence-corrected chi connectivity index (χ0v) is 12.9. The minimum Gasteiger partial charge on any atom is -0.356 e. The molecule has 2 aliphatic rings. The second-order valence-electron chi connectivity index (χ2n) is 5.38. The van der Waals surface area contributed by atoms with Crippen molar-refractivity contribution in [2.45, 2.75) is 32.1 Å². The van der Waals surface area contributed by atoms with Crippen molar-refractivity contribution in [2.24, 2.45) is 0 Å². The van der Waals surface area contributed by atoms with E-state index in [-0.39, 0.29) is 51.1 Å². The van der Waals surface area contributed by atoms with Crippen LogP contribution in [0.1, 0.15) is 32.1 Å². The minimum absolute atomic E-state index is 0.00773. The lowest BCUT2D eigenvalue weighted by Gasteiger charge is -2.13. The number of hydrogen-bond acceptors (Lipinski definition) is 6. The van der Waals surface area contributed by atoms with Crippen LogP contribution in [0.2, 0.25) is 0 Å². The number of carbonyl (C=O) groups excluding carboxylic acids is 6. The Kier molecular flexibility index (Phi) is 5.56. The van der Waals surface area contributed by atoms with Crippen molar-refractivity contribution >= 4 is 35.4 Å². The summed E-state index contributed by atoms with van der Waals surface area (Å²) in [6, 6.07) is 0.